The Morgan fingerprint density at radius 2 is 1.90 bits per heavy atom. The Balaban J connectivity index is 1.12. The molecule has 40 heavy (non-hydrogen) atoms. The van der Waals surface area contributed by atoms with Gasteiger partial charge >= 0.3 is 6.03 Å². The molecule has 1 saturated heterocycles. The molecule has 1 aromatic heterocycles. The average Bonchev–Trinajstić information content (AvgIpc) is 3.34. The van der Waals surface area contributed by atoms with Gasteiger partial charge in [0.15, 0.2) is 5.13 Å². The zero-order chi connectivity index (χ0) is 28.1. The first-order valence-corrected chi connectivity index (χ1v) is 13.9. The molecule has 1 fully saturated rings. The molecule has 0 saturated carbocycles. The summed E-state index contributed by atoms with van der Waals surface area (Å²) in [6.45, 7) is 10.1. The summed E-state index contributed by atoms with van der Waals surface area (Å²) in [5, 5.41) is 17.5. The van der Waals surface area contributed by atoms with Crippen molar-refractivity contribution in [3.8, 4) is 11.5 Å². The number of nitrogens with one attached hydrogen (secondary N) is 2. The molecule has 0 radical (unpaired) electrons. The van der Waals surface area contributed by atoms with Gasteiger partial charge in [-0.3, -0.25) is 5.32 Å². The van der Waals surface area contributed by atoms with E-state index in [2.05, 4.69) is 76.8 Å². The van der Waals surface area contributed by atoms with E-state index in [0.29, 0.717) is 23.1 Å². The van der Waals surface area contributed by atoms with Gasteiger partial charge in [0.05, 0.1) is 29.6 Å². The van der Waals surface area contributed by atoms with Crippen LogP contribution in [0.4, 0.5) is 15.6 Å². The number of phenolic OH excluding ortho intramolecular Hbond substituents is 1. The number of nitrogens with zero attached hydrogens (tertiary/aromatic N) is 3. The lowest BCUT2D eigenvalue weighted by Gasteiger charge is -2.28. The number of rotatable bonds is 7. The number of hydrazone groups is 1. The lowest BCUT2D eigenvalue weighted by atomic mass is 9.87. The number of ether oxygens (including phenoxy) is 2. The number of hydrogen-bond donors (Lipinski definition) is 3. The number of benzene rings is 3. The van der Waals surface area contributed by atoms with Crippen LogP contribution in [0.3, 0.4) is 0 Å². The summed E-state index contributed by atoms with van der Waals surface area (Å²) in [4.78, 5) is 19.1. The molecule has 5 rings (SSSR count). The molecule has 0 bridgehead atoms. The van der Waals surface area contributed by atoms with Crippen LogP contribution in [0.2, 0.25) is 0 Å². The van der Waals surface area contributed by atoms with Crippen LogP contribution < -0.4 is 20.4 Å². The number of carbonyl (C=O) groups excluding carboxylic acids is 1. The average molecular weight is 560 g/mol. The highest BCUT2D eigenvalue weighted by Gasteiger charge is 2.14. The third-order valence-electron chi connectivity index (χ3n) is 6.57. The Hall–Kier alpha value is -4.15. The molecule has 2 heterocycles. The number of aromatic nitrogens is 1. The fraction of sp³-hybridized carbons (Fsp3) is 0.300. The quantitative estimate of drug-likeness (QED) is 0.193. The van der Waals surface area contributed by atoms with Crippen LogP contribution in [0.15, 0.2) is 65.8 Å². The van der Waals surface area contributed by atoms with Crippen molar-refractivity contribution >= 4 is 44.6 Å². The molecule has 3 aromatic carbocycles. The molecule has 10 heteroatoms. The van der Waals surface area contributed by atoms with Gasteiger partial charge in [0.1, 0.15) is 18.1 Å². The van der Waals surface area contributed by atoms with Gasteiger partial charge in [0, 0.05) is 30.4 Å². The summed E-state index contributed by atoms with van der Waals surface area (Å²) in [6.07, 6.45) is 1.37. The van der Waals surface area contributed by atoms with Gasteiger partial charge in [-0.25, -0.2) is 15.2 Å². The molecule has 4 aromatic rings. The van der Waals surface area contributed by atoms with E-state index < -0.39 is 6.03 Å². The lowest BCUT2D eigenvalue weighted by molar-refractivity contribution is 0.122. The molecule has 1 aliphatic heterocycles. The van der Waals surface area contributed by atoms with Crippen LogP contribution in [0.1, 0.15) is 37.5 Å². The third kappa shape index (κ3) is 6.88. The number of thiazole rings is 1. The van der Waals surface area contributed by atoms with E-state index in [1.165, 1.54) is 29.2 Å². The lowest BCUT2D eigenvalue weighted by Crippen LogP contribution is -2.36. The second-order valence-electron chi connectivity index (χ2n) is 10.6. The molecule has 0 aliphatic carbocycles. The van der Waals surface area contributed by atoms with Gasteiger partial charge in [-0.1, -0.05) is 56.4 Å². The molecule has 1 aliphatic rings. The summed E-state index contributed by atoms with van der Waals surface area (Å²) in [7, 11) is 0. The predicted molar refractivity (Wildman–Crippen MR) is 160 cm³/mol. The van der Waals surface area contributed by atoms with E-state index in [9.17, 15) is 9.90 Å². The highest BCUT2D eigenvalue weighted by Crippen LogP contribution is 2.30. The van der Waals surface area contributed by atoms with Gasteiger partial charge in [0.2, 0.25) is 0 Å². The Bertz CT molecular complexity index is 1510. The second-order valence-corrected chi connectivity index (χ2v) is 11.6. The van der Waals surface area contributed by atoms with Crippen LogP contribution in [0, 0.1) is 0 Å². The number of morpholine rings is 1. The number of hydrogen-bond acceptors (Lipinski definition) is 8. The number of urea groups is 1. The van der Waals surface area contributed by atoms with Crippen LogP contribution in [0.5, 0.6) is 11.5 Å². The topological polar surface area (TPSA) is 108 Å². The zero-order valence-electron chi connectivity index (χ0n) is 22.8. The molecular weight excluding hydrogens is 526 g/mol. The van der Waals surface area contributed by atoms with Crippen molar-refractivity contribution in [1.82, 2.24) is 10.4 Å². The van der Waals surface area contributed by atoms with E-state index in [4.69, 9.17) is 9.47 Å². The van der Waals surface area contributed by atoms with Gasteiger partial charge in [-0.15, -0.1) is 0 Å². The maximum Gasteiger partial charge on any atom is 0.341 e. The number of amides is 2. The molecule has 0 unspecified atom stereocenters. The summed E-state index contributed by atoms with van der Waals surface area (Å²) >= 11 is 1.40. The SMILES string of the molecule is CC(C)(C)c1ccc(COc2ccc(/C=N/NC(=O)Nc3nc4ccc(N5CCOCC5)cc4s3)c(O)c2)cc1. The molecule has 3 N–H and O–H groups in total. The second kappa shape index (κ2) is 11.9. The van der Waals surface area contributed by atoms with E-state index in [1.807, 2.05) is 12.1 Å². The van der Waals surface area contributed by atoms with Gasteiger partial charge in [0.25, 0.3) is 0 Å². The van der Waals surface area contributed by atoms with Crippen molar-refractivity contribution in [2.75, 3.05) is 36.5 Å². The van der Waals surface area contributed by atoms with Gasteiger partial charge in [-0.2, -0.15) is 5.10 Å². The third-order valence-corrected chi connectivity index (χ3v) is 7.50. The number of anilines is 2. The fourth-order valence-electron chi connectivity index (χ4n) is 4.26. The maximum atomic E-state index is 12.4. The predicted octanol–water partition coefficient (Wildman–Crippen LogP) is 5.87. The molecular formula is C30H33N5O4S. The van der Waals surface area contributed by atoms with Crippen molar-refractivity contribution in [3.63, 3.8) is 0 Å². The number of fused-ring (bicyclic) bond motifs is 1. The largest absolute Gasteiger partial charge is 0.507 e. The monoisotopic (exact) mass is 559 g/mol. The summed E-state index contributed by atoms with van der Waals surface area (Å²) in [5.74, 6) is 0.529. The van der Waals surface area contributed by atoms with Crippen molar-refractivity contribution < 1.29 is 19.4 Å². The highest BCUT2D eigenvalue weighted by molar-refractivity contribution is 7.22. The van der Waals surface area contributed by atoms with Crippen molar-refractivity contribution in [1.29, 1.82) is 0 Å². The first-order chi connectivity index (χ1) is 19.2. The van der Waals surface area contributed by atoms with E-state index in [0.717, 1.165) is 47.8 Å². The highest BCUT2D eigenvalue weighted by atomic mass is 32.1. The summed E-state index contributed by atoms with van der Waals surface area (Å²) in [5.41, 5.74) is 7.19. The van der Waals surface area contributed by atoms with E-state index >= 15 is 0 Å². The van der Waals surface area contributed by atoms with Crippen LogP contribution in [-0.4, -0.2) is 48.6 Å². The zero-order valence-corrected chi connectivity index (χ0v) is 23.6. The minimum Gasteiger partial charge on any atom is -0.507 e. The smallest absolute Gasteiger partial charge is 0.341 e. The molecule has 208 valence electrons. The molecule has 0 atom stereocenters. The van der Waals surface area contributed by atoms with Gasteiger partial charge < -0.3 is 19.5 Å². The summed E-state index contributed by atoms with van der Waals surface area (Å²) < 4.78 is 12.2. The molecule has 9 nitrogen and oxygen atoms in total. The Morgan fingerprint density at radius 3 is 2.62 bits per heavy atom. The number of carbonyl (C=O) groups is 1. The Morgan fingerprint density at radius 1 is 1.12 bits per heavy atom. The van der Waals surface area contributed by atoms with Crippen LogP contribution in [0.25, 0.3) is 10.2 Å². The van der Waals surface area contributed by atoms with Crippen LogP contribution >= 0.6 is 11.3 Å². The van der Waals surface area contributed by atoms with Crippen molar-refractivity contribution in [2.24, 2.45) is 5.10 Å². The fourth-order valence-corrected chi connectivity index (χ4v) is 5.15. The summed E-state index contributed by atoms with van der Waals surface area (Å²) in [6, 6.07) is 18.8. The van der Waals surface area contributed by atoms with E-state index in [-0.39, 0.29) is 11.2 Å². The standard InChI is InChI=1S/C30H33N5O4S/c1-30(2,3)22-7-4-20(5-8-22)19-39-24-10-6-21(26(36)17-24)18-31-34-28(37)33-29-32-25-11-9-23(16-27(25)40-29)35-12-14-38-15-13-35/h4-11,16-18,36H,12-15,19H2,1-3H3,(H2,32,33,34,37)/b31-18+. The minimum absolute atomic E-state index is 0.00576. The first kappa shape index (κ1) is 27.4. The number of phenols is 1. The first-order valence-electron chi connectivity index (χ1n) is 13.1. The molecule has 0 spiro atoms. The van der Waals surface area contributed by atoms with E-state index in [1.54, 1.807) is 12.1 Å². The van der Waals surface area contributed by atoms with Crippen LogP contribution in [-0.2, 0) is 16.8 Å². The van der Waals surface area contributed by atoms with Crippen molar-refractivity contribution in [2.45, 2.75) is 32.8 Å². The Kier molecular flexibility index (Phi) is 8.18. The number of aromatic hydroxyl groups is 1. The van der Waals surface area contributed by atoms with Crippen molar-refractivity contribution in [3.05, 3.63) is 77.4 Å². The van der Waals surface area contributed by atoms with Gasteiger partial charge in [-0.05, 0) is 46.9 Å². The normalized spacial score (nSPS) is 14.0. The maximum absolute atomic E-state index is 12.4. The molecule has 2 amide bonds. The minimum atomic E-state index is -0.527. The Labute approximate surface area is 237 Å².